The molecule has 2 nitrogen and oxygen atoms in total. The maximum Gasteiger partial charge on any atom is 0.121 e. The van der Waals surface area contributed by atoms with Crippen LogP contribution in [0.4, 0.5) is 0 Å². The van der Waals surface area contributed by atoms with Gasteiger partial charge in [-0.25, -0.2) is 0 Å². The third-order valence-corrected chi connectivity index (χ3v) is 6.64. The molecule has 0 bridgehead atoms. The number of rotatable bonds is 2. The Morgan fingerprint density at radius 2 is 0.893 bits per heavy atom. The third kappa shape index (κ3) is 4.71. The largest absolute Gasteiger partial charge is 0.507 e. The Balaban J connectivity index is 1.95. The van der Waals surface area contributed by atoms with Crippen LogP contribution in [0.1, 0.15) is 96.6 Å². The second-order valence-electron chi connectivity index (χ2n) is 8.98. The molecule has 2 unspecified atom stereocenters. The van der Waals surface area contributed by atoms with Gasteiger partial charge in [0, 0.05) is 0 Å². The molecule has 0 aliphatic heterocycles. The highest BCUT2D eigenvalue weighted by Gasteiger charge is 2.22. The number of phenolic OH excluding ortho intramolecular Hbond substituents is 2. The van der Waals surface area contributed by atoms with E-state index in [0.717, 1.165) is 28.7 Å². The molecule has 1 fully saturated rings. The minimum absolute atomic E-state index is 0.435. The summed E-state index contributed by atoms with van der Waals surface area (Å²) >= 11 is 0. The Hall–Kier alpha value is -1.96. The van der Waals surface area contributed by atoms with Crippen molar-refractivity contribution in [2.75, 3.05) is 0 Å². The monoisotopic (exact) mass is 380 g/mol. The van der Waals surface area contributed by atoms with Gasteiger partial charge in [-0.15, -0.1) is 0 Å². The zero-order chi connectivity index (χ0) is 20.3. The minimum Gasteiger partial charge on any atom is -0.507 e. The summed E-state index contributed by atoms with van der Waals surface area (Å²) in [5, 5.41) is 20.4. The van der Waals surface area contributed by atoms with Crippen LogP contribution >= 0.6 is 0 Å². The van der Waals surface area contributed by atoms with Gasteiger partial charge in [0.05, 0.1) is 0 Å². The van der Waals surface area contributed by atoms with Crippen LogP contribution in [-0.2, 0) is 0 Å². The maximum absolute atomic E-state index is 10.2. The van der Waals surface area contributed by atoms with Gasteiger partial charge in [-0.05, 0) is 92.2 Å². The molecule has 2 atom stereocenters. The van der Waals surface area contributed by atoms with Crippen LogP contribution in [0.25, 0.3) is 0 Å². The van der Waals surface area contributed by atoms with Crippen LogP contribution in [0.15, 0.2) is 24.3 Å². The van der Waals surface area contributed by atoms with E-state index in [0.29, 0.717) is 23.3 Å². The van der Waals surface area contributed by atoms with Crippen molar-refractivity contribution in [3.63, 3.8) is 0 Å². The summed E-state index contributed by atoms with van der Waals surface area (Å²) in [5.41, 5.74) is 6.70. The lowest BCUT2D eigenvalue weighted by Gasteiger charge is -2.27. The van der Waals surface area contributed by atoms with Crippen LogP contribution in [0.3, 0.4) is 0 Å². The standard InChI is InChI=1S/C26H36O2/c1-17-12-23(13-18(2)25(17)27)21-10-8-6-5-7-9-11-22(16-21)24-14-19(3)26(28)20(4)15-24/h12-15,21-22,27-28H,5-11,16H2,1-4H3. The normalized spacial score (nSPS) is 21.4. The van der Waals surface area contributed by atoms with Crippen molar-refractivity contribution < 1.29 is 10.2 Å². The predicted octanol–water partition coefficient (Wildman–Crippen LogP) is 7.33. The van der Waals surface area contributed by atoms with E-state index in [1.54, 1.807) is 0 Å². The van der Waals surface area contributed by atoms with Crippen molar-refractivity contribution >= 4 is 0 Å². The first kappa shape index (κ1) is 20.8. The fourth-order valence-electron chi connectivity index (χ4n) is 4.95. The van der Waals surface area contributed by atoms with E-state index in [1.165, 1.54) is 56.1 Å². The molecule has 3 rings (SSSR count). The summed E-state index contributed by atoms with van der Waals surface area (Å²) in [4.78, 5) is 0. The fourth-order valence-corrected chi connectivity index (χ4v) is 4.95. The summed E-state index contributed by atoms with van der Waals surface area (Å²) in [6, 6.07) is 8.79. The molecule has 0 radical (unpaired) electrons. The summed E-state index contributed by atoms with van der Waals surface area (Å²) in [7, 11) is 0. The van der Waals surface area contributed by atoms with Crippen LogP contribution in [0, 0.1) is 27.7 Å². The Morgan fingerprint density at radius 1 is 0.571 bits per heavy atom. The molecule has 0 saturated heterocycles. The van der Waals surface area contributed by atoms with Gasteiger partial charge in [-0.3, -0.25) is 0 Å². The Bertz CT molecular complexity index is 708. The molecular formula is C26H36O2. The molecule has 152 valence electrons. The number of hydrogen-bond acceptors (Lipinski definition) is 2. The lowest BCUT2D eigenvalue weighted by Crippen LogP contribution is -2.10. The average Bonchev–Trinajstić information content (AvgIpc) is 2.67. The van der Waals surface area contributed by atoms with Crippen LogP contribution in [0.5, 0.6) is 11.5 Å². The van der Waals surface area contributed by atoms with Crippen LogP contribution in [0.2, 0.25) is 0 Å². The number of phenols is 2. The smallest absolute Gasteiger partial charge is 0.121 e. The Morgan fingerprint density at radius 3 is 1.25 bits per heavy atom. The first-order valence-corrected chi connectivity index (χ1v) is 11.0. The van der Waals surface area contributed by atoms with Gasteiger partial charge in [0.15, 0.2) is 0 Å². The average molecular weight is 381 g/mol. The number of benzene rings is 2. The van der Waals surface area contributed by atoms with Gasteiger partial charge in [-0.2, -0.15) is 0 Å². The molecule has 1 aliphatic rings. The summed E-state index contributed by atoms with van der Waals surface area (Å²) in [6.45, 7) is 8.04. The highest BCUT2D eigenvalue weighted by molar-refractivity contribution is 5.45. The van der Waals surface area contributed by atoms with Gasteiger partial charge in [0.2, 0.25) is 0 Å². The van der Waals surface area contributed by atoms with Gasteiger partial charge in [-0.1, -0.05) is 56.4 Å². The van der Waals surface area contributed by atoms with E-state index in [9.17, 15) is 10.2 Å². The van der Waals surface area contributed by atoms with Crippen molar-refractivity contribution in [3.05, 3.63) is 57.6 Å². The molecule has 1 saturated carbocycles. The molecule has 2 aromatic carbocycles. The van der Waals surface area contributed by atoms with Crippen LogP contribution in [-0.4, -0.2) is 10.2 Å². The quantitative estimate of drug-likeness (QED) is 0.572. The zero-order valence-electron chi connectivity index (χ0n) is 18.0. The lowest BCUT2D eigenvalue weighted by atomic mass is 9.78. The molecule has 0 spiro atoms. The van der Waals surface area contributed by atoms with Crippen molar-refractivity contribution in [2.24, 2.45) is 0 Å². The topological polar surface area (TPSA) is 40.5 Å². The molecule has 1 aliphatic carbocycles. The second-order valence-corrected chi connectivity index (χ2v) is 8.98. The summed E-state index contributed by atoms with van der Waals surface area (Å²) in [5.74, 6) is 1.92. The molecule has 0 amide bonds. The van der Waals surface area contributed by atoms with E-state index in [2.05, 4.69) is 24.3 Å². The number of hydrogen-bond donors (Lipinski definition) is 2. The van der Waals surface area contributed by atoms with E-state index >= 15 is 0 Å². The Labute approximate surface area is 170 Å². The second kappa shape index (κ2) is 9.03. The molecular weight excluding hydrogens is 344 g/mol. The molecule has 28 heavy (non-hydrogen) atoms. The lowest BCUT2D eigenvalue weighted by molar-refractivity contribution is 0.422. The summed E-state index contributed by atoms with van der Waals surface area (Å²) in [6.07, 6.45) is 10.1. The van der Waals surface area contributed by atoms with E-state index in [-0.39, 0.29) is 0 Å². The molecule has 2 aromatic rings. The van der Waals surface area contributed by atoms with E-state index in [1.807, 2.05) is 27.7 Å². The van der Waals surface area contributed by atoms with Gasteiger partial charge < -0.3 is 10.2 Å². The molecule has 0 heterocycles. The van der Waals surface area contributed by atoms with Gasteiger partial charge >= 0.3 is 0 Å². The van der Waals surface area contributed by atoms with Crippen molar-refractivity contribution in [1.82, 2.24) is 0 Å². The minimum atomic E-state index is 0.435. The van der Waals surface area contributed by atoms with Crippen molar-refractivity contribution in [2.45, 2.75) is 90.9 Å². The van der Waals surface area contributed by atoms with E-state index < -0.39 is 0 Å². The van der Waals surface area contributed by atoms with Gasteiger partial charge in [0.1, 0.15) is 11.5 Å². The maximum atomic E-state index is 10.2. The SMILES string of the molecule is Cc1cc(C2CCCCCCCC(c3cc(C)c(O)c(C)c3)C2)cc(C)c1O. The highest BCUT2D eigenvalue weighted by atomic mass is 16.3. The predicted molar refractivity (Wildman–Crippen MR) is 118 cm³/mol. The molecule has 2 heteroatoms. The first-order chi connectivity index (χ1) is 13.4. The summed E-state index contributed by atoms with van der Waals surface area (Å²) < 4.78 is 0. The Kier molecular flexibility index (Phi) is 6.69. The highest BCUT2D eigenvalue weighted by Crippen LogP contribution is 2.40. The molecule has 0 aromatic heterocycles. The number of aromatic hydroxyl groups is 2. The van der Waals surface area contributed by atoms with Crippen molar-refractivity contribution in [3.8, 4) is 11.5 Å². The fraction of sp³-hybridized carbons (Fsp3) is 0.538. The van der Waals surface area contributed by atoms with Gasteiger partial charge in [0.25, 0.3) is 0 Å². The van der Waals surface area contributed by atoms with Crippen molar-refractivity contribution in [1.29, 1.82) is 0 Å². The van der Waals surface area contributed by atoms with E-state index in [4.69, 9.17) is 0 Å². The first-order valence-electron chi connectivity index (χ1n) is 11.0. The number of aryl methyl sites for hydroxylation is 4. The zero-order valence-corrected chi connectivity index (χ0v) is 18.0. The third-order valence-electron chi connectivity index (χ3n) is 6.64. The van der Waals surface area contributed by atoms with Crippen LogP contribution < -0.4 is 0 Å². The molecule has 2 N–H and O–H groups in total.